The zero-order chi connectivity index (χ0) is 19.0. The minimum absolute atomic E-state index is 0.0521. The van der Waals surface area contributed by atoms with Crippen LogP contribution < -0.4 is 15.4 Å². The molecule has 5 heteroatoms. The number of hydrogen-bond acceptors (Lipinski definition) is 3. The van der Waals surface area contributed by atoms with Crippen molar-refractivity contribution < 1.29 is 9.47 Å². The fraction of sp³-hybridized carbons (Fsp3) is 0.667. The van der Waals surface area contributed by atoms with Crippen molar-refractivity contribution in [2.75, 3.05) is 26.7 Å². The third-order valence-electron chi connectivity index (χ3n) is 4.69. The molecule has 5 nitrogen and oxygen atoms in total. The lowest BCUT2D eigenvalue weighted by molar-refractivity contribution is -0.0835. The zero-order valence-electron chi connectivity index (χ0n) is 16.9. The highest BCUT2D eigenvalue weighted by atomic mass is 16.5. The molecule has 0 aliphatic carbocycles. The van der Waals surface area contributed by atoms with E-state index < -0.39 is 0 Å². The Hall–Kier alpha value is -1.75. The van der Waals surface area contributed by atoms with E-state index in [2.05, 4.69) is 43.3 Å². The second kappa shape index (κ2) is 9.81. The molecule has 1 aromatic carbocycles. The molecule has 0 radical (unpaired) electrons. The maximum Gasteiger partial charge on any atom is 0.191 e. The number of benzene rings is 1. The summed E-state index contributed by atoms with van der Waals surface area (Å²) in [5, 5.41) is 6.82. The van der Waals surface area contributed by atoms with Crippen LogP contribution in [0.4, 0.5) is 0 Å². The number of aliphatic imine (C=N–C) groups is 1. The van der Waals surface area contributed by atoms with E-state index in [9.17, 15) is 0 Å². The van der Waals surface area contributed by atoms with Crippen LogP contribution in [0.3, 0.4) is 0 Å². The van der Waals surface area contributed by atoms with Crippen LogP contribution >= 0.6 is 0 Å². The summed E-state index contributed by atoms with van der Waals surface area (Å²) in [6.45, 7) is 11.3. The molecule has 0 bridgehead atoms. The summed E-state index contributed by atoms with van der Waals surface area (Å²) in [7, 11) is 1.80. The van der Waals surface area contributed by atoms with E-state index in [4.69, 9.17) is 9.47 Å². The highest BCUT2D eigenvalue weighted by Crippen LogP contribution is 2.33. The minimum Gasteiger partial charge on any atom is -0.489 e. The average molecular weight is 362 g/mol. The Morgan fingerprint density at radius 2 is 2.00 bits per heavy atom. The van der Waals surface area contributed by atoms with Gasteiger partial charge in [-0.3, -0.25) is 4.99 Å². The Labute approximate surface area is 158 Å². The summed E-state index contributed by atoms with van der Waals surface area (Å²) < 4.78 is 12.0. The van der Waals surface area contributed by atoms with Gasteiger partial charge in [-0.2, -0.15) is 0 Å². The molecule has 1 heterocycles. The monoisotopic (exact) mass is 361 g/mol. The molecule has 1 aliphatic heterocycles. The van der Waals surface area contributed by atoms with E-state index in [-0.39, 0.29) is 17.6 Å². The van der Waals surface area contributed by atoms with Gasteiger partial charge in [0.2, 0.25) is 0 Å². The van der Waals surface area contributed by atoms with Crippen molar-refractivity contribution in [2.45, 2.75) is 52.7 Å². The van der Waals surface area contributed by atoms with Crippen molar-refractivity contribution in [1.82, 2.24) is 10.6 Å². The number of nitrogens with one attached hydrogen (secondary N) is 2. The Morgan fingerprint density at radius 1 is 1.27 bits per heavy atom. The molecule has 0 saturated carbocycles. The Balaban J connectivity index is 1.78. The molecule has 1 aromatic rings. The molecule has 0 amide bonds. The molecule has 2 rings (SSSR count). The van der Waals surface area contributed by atoms with Gasteiger partial charge in [0.05, 0.1) is 12.6 Å². The van der Waals surface area contributed by atoms with Gasteiger partial charge in [-0.25, -0.2) is 0 Å². The van der Waals surface area contributed by atoms with Gasteiger partial charge in [0.25, 0.3) is 0 Å². The maximum atomic E-state index is 6.07. The zero-order valence-corrected chi connectivity index (χ0v) is 16.9. The molecule has 146 valence electrons. The number of rotatable bonds is 6. The lowest BCUT2D eigenvalue weighted by Crippen LogP contribution is -2.48. The standard InChI is InChI=1S/C21H35N3O2/c1-16(26-18-11-7-6-8-12-18)14-23-20(22-5)24-15-17-10-9-13-25-19(17)21(2,3)4/h6-8,11-12,16-17,19H,9-10,13-15H2,1-5H3,(H2,22,23,24). The second-order valence-corrected chi connectivity index (χ2v) is 8.14. The van der Waals surface area contributed by atoms with Crippen LogP contribution in [0.5, 0.6) is 5.75 Å². The SMILES string of the molecule is CN=C(NCC(C)Oc1ccccc1)NCC1CCCOC1C(C)(C)C. The summed E-state index contributed by atoms with van der Waals surface area (Å²) in [5.41, 5.74) is 0.155. The normalized spacial score (nSPS) is 22.6. The van der Waals surface area contributed by atoms with Crippen LogP contribution in [0, 0.1) is 11.3 Å². The maximum absolute atomic E-state index is 6.07. The molecule has 3 unspecified atom stereocenters. The van der Waals surface area contributed by atoms with Crippen LogP contribution in [-0.4, -0.2) is 44.9 Å². The predicted octanol–water partition coefficient (Wildman–Crippen LogP) is 3.46. The number of ether oxygens (including phenoxy) is 2. The van der Waals surface area contributed by atoms with Gasteiger partial charge in [-0.1, -0.05) is 39.0 Å². The third kappa shape index (κ3) is 6.52. The average Bonchev–Trinajstić information content (AvgIpc) is 2.62. The van der Waals surface area contributed by atoms with E-state index in [0.717, 1.165) is 31.3 Å². The highest BCUT2D eigenvalue weighted by Gasteiger charge is 2.35. The topological polar surface area (TPSA) is 54.9 Å². The van der Waals surface area contributed by atoms with Crippen molar-refractivity contribution in [2.24, 2.45) is 16.3 Å². The third-order valence-corrected chi connectivity index (χ3v) is 4.69. The van der Waals surface area contributed by atoms with Crippen molar-refractivity contribution in [3.05, 3.63) is 30.3 Å². The molecule has 0 spiro atoms. The fourth-order valence-corrected chi connectivity index (χ4v) is 3.47. The highest BCUT2D eigenvalue weighted by molar-refractivity contribution is 5.79. The van der Waals surface area contributed by atoms with Gasteiger partial charge in [-0.05, 0) is 37.3 Å². The summed E-state index contributed by atoms with van der Waals surface area (Å²) in [6, 6.07) is 9.89. The number of nitrogens with zero attached hydrogens (tertiary/aromatic N) is 1. The van der Waals surface area contributed by atoms with Gasteiger partial charge in [0.15, 0.2) is 5.96 Å². The molecule has 3 atom stereocenters. The first-order valence-electron chi connectivity index (χ1n) is 9.68. The quantitative estimate of drug-likeness (QED) is 0.602. The van der Waals surface area contributed by atoms with E-state index in [1.54, 1.807) is 7.05 Å². The van der Waals surface area contributed by atoms with Crippen molar-refractivity contribution in [1.29, 1.82) is 0 Å². The lowest BCUT2D eigenvalue weighted by Gasteiger charge is -2.40. The summed E-state index contributed by atoms with van der Waals surface area (Å²) in [4.78, 5) is 4.34. The van der Waals surface area contributed by atoms with Crippen molar-refractivity contribution in [3.8, 4) is 5.75 Å². The molecule has 26 heavy (non-hydrogen) atoms. The number of guanidine groups is 1. The number of hydrogen-bond donors (Lipinski definition) is 2. The largest absolute Gasteiger partial charge is 0.489 e. The number of para-hydroxylation sites is 1. The van der Waals surface area contributed by atoms with Crippen LogP contribution in [0.2, 0.25) is 0 Å². The Bertz CT molecular complexity index is 554. The van der Waals surface area contributed by atoms with Crippen molar-refractivity contribution >= 4 is 5.96 Å². The van der Waals surface area contributed by atoms with Gasteiger partial charge in [0.1, 0.15) is 11.9 Å². The van der Waals surface area contributed by atoms with Gasteiger partial charge >= 0.3 is 0 Å². The first kappa shape index (κ1) is 20.6. The fourth-order valence-electron chi connectivity index (χ4n) is 3.47. The summed E-state index contributed by atoms with van der Waals surface area (Å²) >= 11 is 0. The van der Waals surface area contributed by atoms with E-state index in [1.807, 2.05) is 30.3 Å². The first-order chi connectivity index (χ1) is 12.4. The molecule has 1 fully saturated rings. The molecule has 2 N–H and O–H groups in total. The van der Waals surface area contributed by atoms with E-state index in [1.165, 1.54) is 6.42 Å². The molecule has 1 saturated heterocycles. The summed E-state index contributed by atoms with van der Waals surface area (Å²) in [6.07, 6.45) is 2.66. The Kier molecular flexibility index (Phi) is 7.76. The molecule has 0 aromatic heterocycles. The van der Waals surface area contributed by atoms with E-state index in [0.29, 0.717) is 12.5 Å². The molecule has 1 aliphatic rings. The van der Waals surface area contributed by atoms with Crippen molar-refractivity contribution in [3.63, 3.8) is 0 Å². The second-order valence-electron chi connectivity index (χ2n) is 8.14. The van der Waals surface area contributed by atoms with E-state index >= 15 is 0 Å². The van der Waals surface area contributed by atoms with Crippen LogP contribution in [0.1, 0.15) is 40.5 Å². The minimum atomic E-state index is 0.0521. The van der Waals surface area contributed by atoms with Crippen LogP contribution in [0.15, 0.2) is 35.3 Å². The van der Waals surface area contributed by atoms with Crippen LogP contribution in [0.25, 0.3) is 0 Å². The van der Waals surface area contributed by atoms with Gasteiger partial charge in [-0.15, -0.1) is 0 Å². The smallest absolute Gasteiger partial charge is 0.191 e. The Morgan fingerprint density at radius 3 is 2.65 bits per heavy atom. The van der Waals surface area contributed by atoms with Gasteiger partial charge in [0, 0.05) is 26.1 Å². The molecular weight excluding hydrogens is 326 g/mol. The van der Waals surface area contributed by atoms with Crippen LogP contribution in [-0.2, 0) is 4.74 Å². The molecular formula is C21H35N3O2. The predicted molar refractivity (Wildman–Crippen MR) is 108 cm³/mol. The summed E-state index contributed by atoms with van der Waals surface area (Å²) in [5.74, 6) is 2.20. The first-order valence-corrected chi connectivity index (χ1v) is 9.68. The lowest BCUT2D eigenvalue weighted by atomic mass is 9.78. The van der Waals surface area contributed by atoms with Gasteiger partial charge < -0.3 is 20.1 Å².